The normalized spacial score (nSPS) is 14.3. The van der Waals surface area contributed by atoms with Crippen molar-refractivity contribution in [1.82, 2.24) is 0 Å². The number of hydrogen-bond acceptors (Lipinski definition) is 15. The van der Waals surface area contributed by atoms with E-state index in [0.717, 1.165) is 109 Å². The van der Waals surface area contributed by atoms with Crippen LogP contribution in [0.3, 0.4) is 0 Å². The first kappa shape index (κ1) is 90.1. The summed E-state index contributed by atoms with van der Waals surface area (Å²) in [5.41, 5.74) is 0. The van der Waals surface area contributed by atoms with Crippen molar-refractivity contribution in [2.75, 3.05) is 39.6 Å². The zero-order valence-electron chi connectivity index (χ0n) is 59.7. The lowest BCUT2D eigenvalue weighted by atomic mass is 9.99. The van der Waals surface area contributed by atoms with Crippen molar-refractivity contribution in [2.45, 2.75) is 400 Å². The minimum atomic E-state index is -4.95. The van der Waals surface area contributed by atoms with E-state index in [0.29, 0.717) is 25.7 Å². The number of carbonyl (C=O) groups excluding carboxylic acids is 4. The number of unbranched alkanes of at least 4 members (excludes halogenated alkanes) is 44. The van der Waals surface area contributed by atoms with Crippen molar-refractivity contribution < 1.29 is 80.2 Å². The molecule has 0 radical (unpaired) electrons. The van der Waals surface area contributed by atoms with E-state index in [-0.39, 0.29) is 25.7 Å². The van der Waals surface area contributed by atoms with Crippen molar-refractivity contribution in [2.24, 2.45) is 5.92 Å². The Morgan fingerprint density at radius 3 is 0.772 bits per heavy atom. The van der Waals surface area contributed by atoms with Gasteiger partial charge in [-0.1, -0.05) is 330 Å². The lowest BCUT2D eigenvalue weighted by Gasteiger charge is -2.21. The standard InChI is InChI=1S/C73H142O17P2/c1-6-10-13-16-19-22-23-24-25-26-27-28-29-30-31-32-33-34-39-44-49-54-59-73(78)90-69(63-84-71(76)57-52-47-43-38-36-35-37-40-45-50-55-66(5)9-4)65-88-92(81,82)86-61-67(74)60-85-91(79,80)87-64-68(89-72(77)58-53-48-42-21-18-15-12-8-3)62-83-70(75)56-51-46-41-20-17-14-11-7-2/h66-69,74H,6-65H2,1-5H3,(H,79,80)(H,81,82)/t66?,67-,68+,69+/m0/s1. The number of carbonyl (C=O) groups is 4. The first-order valence-corrected chi connectivity index (χ1v) is 41.2. The second-order valence-electron chi connectivity index (χ2n) is 26.6. The Balaban J connectivity index is 5.13. The maximum atomic E-state index is 13.1. The molecule has 0 aliphatic heterocycles. The van der Waals surface area contributed by atoms with E-state index in [4.69, 9.17) is 37.0 Å². The topological polar surface area (TPSA) is 237 Å². The van der Waals surface area contributed by atoms with Gasteiger partial charge in [0.25, 0.3) is 0 Å². The van der Waals surface area contributed by atoms with Gasteiger partial charge in [-0.25, -0.2) is 9.13 Å². The van der Waals surface area contributed by atoms with Crippen molar-refractivity contribution in [1.29, 1.82) is 0 Å². The fourth-order valence-electron chi connectivity index (χ4n) is 11.1. The molecule has 0 saturated heterocycles. The molecule has 0 saturated carbocycles. The Kier molecular flexibility index (Phi) is 64.9. The number of phosphoric acid groups is 2. The first-order chi connectivity index (χ1) is 44.6. The summed E-state index contributed by atoms with van der Waals surface area (Å²) in [6, 6.07) is 0. The van der Waals surface area contributed by atoms with Crippen LogP contribution in [-0.2, 0) is 65.4 Å². The molecular weight excluding hydrogens is 1210 g/mol. The number of phosphoric ester groups is 2. The third-order valence-electron chi connectivity index (χ3n) is 17.4. The lowest BCUT2D eigenvalue weighted by Crippen LogP contribution is -2.30. The van der Waals surface area contributed by atoms with Gasteiger partial charge < -0.3 is 33.8 Å². The van der Waals surface area contributed by atoms with Gasteiger partial charge in [0, 0.05) is 25.7 Å². The van der Waals surface area contributed by atoms with E-state index < -0.39 is 97.5 Å². The van der Waals surface area contributed by atoms with Crippen molar-refractivity contribution in [3.63, 3.8) is 0 Å². The number of aliphatic hydroxyl groups excluding tert-OH is 1. The molecule has 0 aromatic heterocycles. The van der Waals surface area contributed by atoms with E-state index in [1.54, 1.807) is 0 Å². The van der Waals surface area contributed by atoms with Gasteiger partial charge >= 0.3 is 39.5 Å². The summed E-state index contributed by atoms with van der Waals surface area (Å²) in [6.45, 7) is 7.23. The summed E-state index contributed by atoms with van der Waals surface area (Å²) in [7, 11) is -9.89. The van der Waals surface area contributed by atoms with Gasteiger partial charge in [-0.3, -0.25) is 37.3 Å². The lowest BCUT2D eigenvalue weighted by molar-refractivity contribution is -0.161. The van der Waals surface area contributed by atoms with Gasteiger partial charge in [-0.15, -0.1) is 0 Å². The van der Waals surface area contributed by atoms with Crippen LogP contribution < -0.4 is 0 Å². The maximum Gasteiger partial charge on any atom is 0.472 e. The zero-order chi connectivity index (χ0) is 67.7. The summed E-state index contributed by atoms with van der Waals surface area (Å²) in [4.78, 5) is 72.4. The third-order valence-corrected chi connectivity index (χ3v) is 19.3. The molecule has 6 atom stereocenters. The van der Waals surface area contributed by atoms with Gasteiger partial charge in [0.05, 0.1) is 26.4 Å². The first-order valence-electron chi connectivity index (χ1n) is 38.2. The Bertz CT molecular complexity index is 1770. The Labute approximate surface area is 562 Å². The number of hydrogen-bond donors (Lipinski definition) is 3. The molecule has 0 bridgehead atoms. The molecule has 0 amide bonds. The highest BCUT2D eigenvalue weighted by Gasteiger charge is 2.30. The van der Waals surface area contributed by atoms with E-state index >= 15 is 0 Å². The van der Waals surface area contributed by atoms with Crippen molar-refractivity contribution in [3.05, 3.63) is 0 Å². The fraction of sp³-hybridized carbons (Fsp3) is 0.945. The molecule has 0 rings (SSSR count). The van der Waals surface area contributed by atoms with Gasteiger partial charge in [-0.2, -0.15) is 0 Å². The minimum absolute atomic E-state index is 0.105. The van der Waals surface area contributed by atoms with Crippen molar-refractivity contribution >= 4 is 39.5 Å². The highest BCUT2D eigenvalue weighted by Crippen LogP contribution is 2.45. The monoisotopic (exact) mass is 1350 g/mol. The molecule has 3 unspecified atom stereocenters. The molecule has 19 heteroatoms. The summed E-state index contributed by atoms with van der Waals surface area (Å²) in [5.74, 6) is -1.32. The van der Waals surface area contributed by atoms with Crippen molar-refractivity contribution in [3.8, 4) is 0 Å². The molecule has 0 fully saturated rings. The van der Waals surface area contributed by atoms with Crippen LogP contribution in [0.25, 0.3) is 0 Å². The number of esters is 4. The summed E-state index contributed by atoms with van der Waals surface area (Å²) >= 11 is 0. The molecule has 546 valence electrons. The van der Waals surface area contributed by atoms with E-state index in [1.807, 2.05) is 0 Å². The predicted octanol–water partition coefficient (Wildman–Crippen LogP) is 21.3. The van der Waals surface area contributed by atoms with Gasteiger partial charge in [0.2, 0.25) is 0 Å². The highest BCUT2D eigenvalue weighted by atomic mass is 31.2. The zero-order valence-corrected chi connectivity index (χ0v) is 61.5. The van der Waals surface area contributed by atoms with Crippen LogP contribution in [0.15, 0.2) is 0 Å². The fourth-order valence-corrected chi connectivity index (χ4v) is 12.7. The summed E-state index contributed by atoms with van der Waals surface area (Å²) in [5, 5.41) is 10.6. The Hall–Kier alpha value is -1.94. The van der Waals surface area contributed by atoms with E-state index in [9.17, 15) is 43.2 Å². The average molecular weight is 1350 g/mol. The molecule has 0 aromatic rings. The van der Waals surface area contributed by atoms with Crippen LogP contribution in [0.5, 0.6) is 0 Å². The van der Waals surface area contributed by atoms with Gasteiger partial charge in [0.15, 0.2) is 12.2 Å². The second kappa shape index (κ2) is 66.3. The Morgan fingerprint density at radius 1 is 0.304 bits per heavy atom. The quantitative estimate of drug-likeness (QED) is 0.0222. The largest absolute Gasteiger partial charge is 0.472 e. The van der Waals surface area contributed by atoms with Gasteiger partial charge in [0.1, 0.15) is 19.3 Å². The molecule has 0 aliphatic carbocycles. The van der Waals surface area contributed by atoms with Crippen LogP contribution in [0.1, 0.15) is 381 Å². The smallest absolute Gasteiger partial charge is 0.462 e. The minimum Gasteiger partial charge on any atom is -0.462 e. The molecule has 0 spiro atoms. The third kappa shape index (κ3) is 65.4. The van der Waals surface area contributed by atoms with Crippen LogP contribution in [0.4, 0.5) is 0 Å². The summed E-state index contributed by atoms with van der Waals surface area (Å²) < 4.78 is 68.2. The summed E-state index contributed by atoms with van der Waals surface area (Å²) in [6.07, 6.45) is 54.4. The molecule has 0 aromatic carbocycles. The Morgan fingerprint density at radius 2 is 0.522 bits per heavy atom. The van der Waals surface area contributed by atoms with E-state index in [1.165, 1.54) is 193 Å². The van der Waals surface area contributed by atoms with Gasteiger partial charge in [-0.05, 0) is 31.6 Å². The van der Waals surface area contributed by atoms with Crippen LogP contribution >= 0.6 is 15.6 Å². The number of rotatable bonds is 73. The number of aliphatic hydroxyl groups is 1. The number of ether oxygens (including phenoxy) is 4. The SMILES string of the molecule is CCCCCCCCCCCCCCCCCCCCCCCCC(=O)O[C@H](COC(=O)CCCCCCCCCCCCC(C)CC)COP(=O)(O)OC[C@@H](O)COP(=O)(O)OC[C@@H](COC(=O)CCCCCCCCCC)OC(=O)CCCCCCCCCC. The average Bonchev–Trinajstić information content (AvgIpc) is 3.10. The van der Waals surface area contributed by atoms with Crippen LogP contribution in [0.2, 0.25) is 0 Å². The maximum absolute atomic E-state index is 13.1. The molecule has 0 heterocycles. The molecule has 0 aliphatic rings. The van der Waals surface area contributed by atoms with Crippen LogP contribution in [0, 0.1) is 5.92 Å². The predicted molar refractivity (Wildman–Crippen MR) is 372 cm³/mol. The molecule has 92 heavy (non-hydrogen) atoms. The molecule has 17 nitrogen and oxygen atoms in total. The molecular formula is C73H142O17P2. The van der Waals surface area contributed by atoms with Crippen LogP contribution in [-0.4, -0.2) is 96.7 Å². The second-order valence-corrected chi connectivity index (χ2v) is 29.5. The highest BCUT2D eigenvalue weighted by molar-refractivity contribution is 7.47. The molecule has 3 N–H and O–H groups in total. The van der Waals surface area contributed by atoms with E-state index in [2.05, 4.69) is 34.6 Å².